The number of hydrogen-bond donors (Lipinski definition) is 1. The molecule has 1 saturated heterocycles. The molecule has 1 aliphatic rings. The molecule has 0 bridgehead atoms. The van der Waals surface area contributed by atoms with Gasteiger partial charge in [-0.25, -0.2) is 0 Å². The molecule has 0 aliphatic carbocycles. The number of benzene rings is 1. The smallest absolute Gasteiger partial charge is 0.229 e. The fraction of sp³-hybridized carbons (Fsp3) is 0.524. The Morgan fingerprint density at radius 1 is 1.12 bits per heavy atom. The molecule has 1 aromatic rings. The molecule has 0 spiro atoms. The summed E-state index contributed by atoms with van der Waals surface area (Å²) < 4.78 is 0. The fourth-order valence-electron chi connectivity index (χ4n) is 2.79. The summed E-state index contributed by atoms with van der Waals surface area (Å²) in [6.07, 6.45) is 3.15. The van der Waals surface area contributed by atoms with Crippen LogP contribution in [0.25, 0.3) is 0 Å². The van der Waals surface area contributed by atoms with Gasteiger partial charge in [0.1, 0.15) is 0 Å². The molecule has 26 heavy (non-hydrogen) atoms. The molecular weight excluding hydrogens is 330 g/mol. The molecule has 1 aromatic carbocycles. The SMILES string of the molecule is CC.CC(=O)c1cccc(C)c1C(C)=O.CCCC1CCC(=O)NC1=O. The van der Waals surface area contributed by atoms with E-state index in [4.69, 9.17) is 0 Å². The molecule has 2 amide bonds. The number of carbonyl (C=O) groups is 4. The van der Waals surface area contributed by atoms with Crippen LogP contribution in [0.1, 0.15) is 86.6 Å². The first-order chi connectivity index (χ1) is 12.3. The van der Waals surface area contributed by atoms with Crippen molar-refractivity contribution in [1.29, 1.82) is 0 Å². The lowest BCUT2D eigenvalue weighted by Crippen LogP contribution is -2.40. The molecule has 1 unspecified atom stereocenters. The van der Waals surface area contributed by atoms with Gasteiger partial charge in [0.2, 0.25) is 11.8 Å². The van der Waals surface area contributed by atoms with Crippen LogP contribution in [0.2, 0.25) is 0 Å². The van der Waals surface area contributed by atoms with Crippen molar-refractivity contribution >= 4 is 23.4 Å². The van der Waals surface area contributed by atoms with Crippen molar-refractivity contribution in [1.82, 2.24) is 5.32 Å². The minimum atomic E-state index is -0.123. The molecular formula is C21H31NO4. The van der Waals surface area contributed by atoms with Crippen molar-refractivity contribution in [3.8, 4) is 0 Å². The Kier molecular flexibility index (Phi) is 11.0. The zero-order valence-electron chi connectivity index (χ0n) is 16.8. The molecule has 1 aliphatic heterocycles. The van der Waals surface area contributed by atoms with Crippen LogP contribution in [-0.2, 0) is 9.59 Å². The number of aryl methyl sites for hydroxylation is 1. The Hall–Kier alpha value is -2.30. The summed E-state index contributed by atoms with van der Waals surface area (Å²) in [6.45, 7) is 10.8. The maximum Gasteiger partial charge on any atom is 0.229 e. The summed E-state index contributed by atoms with van der Waals surface area (Å²) in [6, 6.07) is 5.31. The average Bonchev–Trinajstić information content (AvgIpc) is 2.59. The molecule has 5 nitrogen and oxygen atoms in total. The number of ketones is 2. The molecule has 1 fully saturated rings. The zero-order chi connectivity index (χ0) is 20.3. The summed E-state index contributed by atoms with van der Waals surface area (Å²) in [7, 11) is 0. The molecule has 0 aromatic heterocycles. The van der Waals surface area contributed by atoms with Gasteiger partial charge in [0.25, 0.3) is 0 Å². The quantitative estimate of drug-likeness (QED) is 0.641. The number of amides is 2. The third kappa shape index (κ3) is 7.30. The first-order valence-corrected chi connectivity index (χ1v) is 9.23. The van der Waals surface area contributed by atoms with Gasteiger partial charge in [-0.1, -0.05) is 45.4 Å². The Morgan fingerprint density at radius 2 is 1.73 bits per heavy atom. The van der Waals surface area contributed by atoms with E-state index in [-0.39, 0.29) is 29.3 Å². The van der Waals surface area contributed by atoms with Gasteiger partial charge in [0, 0.05) is 23.5 Å². The van der Waals surface area contributed by atoms with Crippen LogP contribution in [0.5, 0.6) is 0 Å². The average molecular weight is 361 g/mol. The number of hydrogen-bond acceptors (Lipinski definition) is 4. The predicted octanol–water partition coefficient (Wildman–Crippen LogP) is 4.27. The van der Waals surface area contributed by atoms with Crippen LogP contribution in [0.15, 0.2) is 18.2 Å². The van der Waals surface area contributed by atoms with Crippen molar-refractivity contribution in [2.24, 2.45) is 5.92 Å². The van der Waals surface area contributed by atoms with Crippen molar-refractivity contribution in [2.75, 3.05) is 0 Å². The lowest BCUT2D eigenvalue weighted by Gasteiger charge is -2.19. The highest BCUT2D eigenvalue weighted by Gasteiger charge is 2.25. The van der Waals surface area contributed by atoms with Gasteiger partial charge in [-0.15, -0.1) is 0 Å². The summed E-state index contributed by atoms with van der Waals surface area (Å²) in [5, 5.41) is 2.34. The summed E-state index contributed by atoms with van der Waals surface area (Å²) in [5.41, 5.74) is 1.93. The Morgan fingerprint density at radius 3 is 2.15 bits per heavy atom. The predicted molar refractivity (Wildman–Crippen MR) is 103 cm³/mol. The van der Waals surface area contributed by atoms with E-state index >= 15 is 0 Å². The van der Waals surface area contributed by atoms with E-state index in [9.17, 15) is 19.2 Å². The third-order valence-electron chi connectivity index (χ3n) is 3.99. The molecule has 144 valence electrons. The lowest BCUT2D eigenvalue weighted by molar-refractivity contribution is -0.136. The number of piperidine rings is 1. The normalized spacial score (nSPS) is 15.7. The van der Waals surface area contributed by atoms with Crippen molar-refractivity contribution < 1.29 is 19.2 Å². The molecule has 5 heteroatoms. The monoisotopic (exact) mass is 361 g/mol. The van der Waals surface area contributed by atoms with Gasteiger partial charge in [-0.2, -0.15) is 0 Å². The number of nitrogens with one attached hydrogen (secondary N) is 1. The van der Waals surface area contributed by atoms with E-state index in [2.05, 4.69) is 5.32 Å². The molecule has 0 radical (unpaired) electrons. The van der Waals surface area contributed by atoms with Gasteiger partial charge in [0.05, 0.1) is 0 Å². The molecule has 1 atom stereocenters. The highest BCUT2D eigenvalue weighted by Crippen LogP contribution is 2.17. The Balaban J connectivity index is 0.000000444. The number of imide groups is 1. The van der Waals surface area contributed by atoms with Crippen molar-refractivity contribution in [3.63, 3.8) is 0 Å². The van der Waals surface area contributed by atoms with Gasteiger partial charge >= 0.3 is 0 Å². The van der Waals surface area contributed by atoms with Crippen LogP contribution in [0.3, 0.4) is 0 Å². The second-order valence-corrected chi connectivity index (χ2v) is 6.05. The Labute approximate surface area is 156 Å². The number of carbonyl (C=O) groups excluding carboxylic acids is 4. The van der Waals surface area contributed by atoms with Gasteiger partial charge < -0.3 is 0 Å². The van der Waals surface area contributed by atoms with Crippen LogP contribution >= 0.6 is 0 Å². The highest BCUT2D eigenvalue weighted by atomic mass is 16.2. The van der Waals surface area contributed by atoms with E-state index < -0.39 is 0 Å². The van der Waals surface area contributed by atoms with Crippen LogP contribution in [0, 0.1) is 12.8 Å². The van der Waals surface area contributed by atoms with Gasteiger partial charge in [0.15, 0.2) is 11.6 Å². The van der Waals surface area contributed by atoms with Crippen LogP contribution in [-0.4, -0.2) is 23.4 Å². The van der Waals surface area contributed by atoms with E-state index in [0.29, 0.717) is 17.5 Å². The summed E-state index contributed by atoms with van der Waals surface area (Å²) in [5.74, 6) is -0.236. The molecule has 1 heterocycles. The molecule has 2 rings (SSSR count). The van der Waals surface area contributed by atoms with E-state index in [0.717, 1.165) is 24.8 Å². The molecule has 1 N–H and O–H groups in total. The number of rotatable bonds is 4. The lowest BCUT2D eigenvalue weighted by atomic mass is 9.94. The summed E-state index contributed by atoms with van der Waals surface area (Å²) >= 11 is 0. The second kappa shape index (κ2) is 12.1. The van der Waals surface area contributed by atoms with E-state index in [1.54, 1.807) is 12.1 Å². The Bertz CT molecular complexity index is 649. The minimum Gasteiger partial charge on any atom is -0.296 e. The van der Waals surface area contributed by atoms with Crippen molar-refractivity contribution in [2.45, 2.75) is 67.2 Å². The topological polar surface area (TPSA) is 80.3 Å². The van der Waals surface area contributed by atoms with Crippen LogP contribution in [0.4, 0.5) is 0 Å². The van der Waals surface area contributed by atoms with Crippen molar-refractivity contribution in [3.05, 3.63) is 34.9 Å². The maximum atomic E-state index is 11.2. The van der Waals surface area contributed by atoms with Crippen LogP contribution < -0.4 is 5.32 Å². The second-order valence-electron chi connectivity index (χ2n) is 6.05. The van der Waals surface area contributed by atoms with E-state index in [1.807, 2.05) is 33.8 Å². The first kappa shape index (κ1) is 23.7. The largest absolute Gasteiger partial charge is 0.296 e. The van der Waals surface area contributed by atoms with E-state index in [1.165, 1.54) is 13.8 Å². The third-order valence-corrected chi connectivity index (χ3v) is 3.99. The molecule has 0 saturated carbocycles. The fourth-order valence-corrected chi connectivity index (χ4v) is 2.79. The van der Waals surface area contributed by atoms with Gasteiger partial charge in [-0.05, 0) is 39.2 Å². The number of Topliss-reactive ketones (excluding diaryl/α,β-unsaturated/α-hetero) is 2. The van der Waals surface area contributed by atoms with Gasteiger partial charge in [-0.3, -0.25) is 24.5 Å². The summed E-state index contributed by atoms with van der Waals surface area (Å²) in [4.78, 5) is 44.2. The zero-order valence-corrected chi connectivity index (χ0v) is 16.8. The standard InChI is InChI=1S/C11H12O2.C8H13NO2.C2H6/c1-7-5-4-6-10(8(2)12)11(7)9(3)13;1-2-3-6-4-5-7(10)9-8(6)11;1-2/h4-6H,1-3H3;6H,2-5H2,1H3,(H,9,10,11);1-2H3. The first-order valence-electron chi connectivity index (χ1n) is 9.23. The highest BCUT2D eigenvalue weighted by molar-refractivity contribution is 6.08. The minimum absolute atomic E-state index is 0.0525. The maximum absolute atomic E-state index is 11.2.